The third-order valence-corrected chi connectivity index (χ3v) is 6.53. The Bertz CT molecular complexity index is 1250. The highest BCUT2D eigenvalue weighted by Gasteiger charge is 2.15. The summed E-state index contributed by atoms with van der Waals surface area (Å²) in [4.78, 5) is 29.1. The van der Waals surface area contributed by atoms with Crippen molar-refractivity contribution in [1.82, 2.24) is 4.98 Å². The molecule has 0 aliphatic rings. The summed E-state index contributed by atoms with van der Waals surface area (Å²) in [5.74, 6) is 0.0642. The van der Waals surface area contributed by atoms with Gasteiger partial charge in [-0.25, -0.2) is 9.78 Å². The number of Topliss-reactive ketones (excluding diaryl/α,β-unsaturated/α-hetero) is 1. The highest BCUT2D eigenvalue weighted by atomic mass is 35.5. The minimum Gasteiger partial charge on any atom is -0.422 e. The second-order valence-corrected chi connectivity index (χ2v) is 8.74. The fourth-order valence-electron chi connectivity index (χ4n) is 2.61. The van der Waals surface area contributed by atoms with Crippen molar-refractivity contribution >= 4 is 63.1 Å². The van der Waals surface area contributed by atoms with E-state index in [-0.39, 0.29) is 11.5 Å². The molecule has 0 saturated heterocycles. The summed E-state index contributed by atoms with van der Waals surface area (Å²) in [7, 11) is 0. The summed E-state index contributed by atoms with van der Waals surface area (Å²) < 4.78 is 6.04. The Morgan fingerprint density at radius 1 is 1.14 bits per heavy atom. The lowest BCUT2D eigenvalue weighted by Crippen LogP contribution is -2.03. The predicted octanol–water partition coefficient (Wildman–Crippen LogP) is 6.20. The highest BCUT2D eigenvalue weighted by molar-refractivity contribution is 8.01. The third-order valence-electron chi connectivity index (χ3n) is 3.96. The molecule has 2 aromatic carbocycles. The van der Waals surface area contributed by atoms with E-state index in [1.807, 2.05) is 18.2 Å². The number of para-hydroxylation sites is 1. The Labute approximate surface area is 178 Å². The summed E-state index contributed by atoms with van der Waals surface area (Å²) in [5, 5.41) is 3.41. The molecular formula is C20H11Cl2NO3S2. The topological polar surface area (TPSA) is 60.2 Å². The number of carbonyl (C=O) groups is 1. The van der Waals surface area contributed by atoms with Crippen molar-refractivity contribution in [3.63, 3.8) is 0 Å². The van der Waals surface area contributed by atoms with E-state index >= 15 is 0 Å². The zero-order chi connectivity index (χ0) is 19.7. The molecule has 0 bridgehead atoms. The average Bonchev–Trinajstić information content (AvgIpc) is 3.14. The van der Waals surface area contributed by atoms with Crippen molar-refractivity contribution < 1.29 is 9.21 Å². The maximum absolute atomic E-state index is 12.4. The first kappa shape index (κ1) is 19.2. The second-order valence-electron chi connectivity index (χ2n) is 5.82. The number of aromatic nitrogens is 1. The molecule has 4 nitrogen and oxygen atoms in total. The minimum absolute atomic E-state index is 0.117. The maximum atomic E-state index is 12.4. The molecule has 0 radical (unpaired) electrons. The molecule has 2 heterocycles. The normalized spacial score (nSPS) is 11.1. The van der Waals surface area contributed by atoms with Crippen molar-refractivity contribution in [3.05, 3.63) is 79.9 Å². The van der Waals surface area contributed by atoms with Gasteiger partial charge in [0.25, 0.3) is 0 Å². The average molecular weight is 448 g/mol. The van der Waals surface area contributed by atoms with Crippen molar-refractivity contribution in [2.45, 2.75) is 4.34 Å². The van der Waals surface area contributed by atoms with Crippen LogP contribution in [0.5, 0.6) is 0 Å². The van der Waals surface area contributed by atoms with Crippen LogP contribution in [0.25, 0.3) is 22.2 Å². The number of halogens is 2. The number of nitrogens with zero attached hydrogens (tertiary/aromatic N) is 1. The lowest BCUT2D eigenvalue weighted by atomic mass is 10.1. The largest absolute Gasteiger partial charge is 0.422 e. The van der Waals surface area contributed by atoms with Crippen LogP contribution in [-0.4, -0.2) is 16.5 Å². The van der Waals surface area contributed by atoms with Crippen LogP contribution in [0.4, 0.5) is 0 Å². The van der Waals surface area contributed by atoms with E-state index in [1.165, 1.54) is 23.1 Å². The first-order valence-corrected chi connectivity index (χ1v) is 10.7. The first-order chi connectivity index (χ1) is 13.5. The second kappa shape index (κ2) is 8.09. The van der Waals surface area contributed by atoms with Gasteiger partial charge < -0.3 is 4.42 Å². The summed E-state index contributed by atoms with van der Waals surface area (Å²) in [6.45, 7) is 0. The number of fused-ring (bicyclic) bond motifs is 1. The summed E-state index contributed by atoms with van der Waals surface area (Å²) in [6.07, 6.45) is 0. The number of thiazole rings is 1. The Balaban J connectivity index is 1.53. The van der Waals surface area contributed by atoms with Crippen LogP contribution in [-0.2, 0) is 0 Å². The summed E-state index contributed by atoms with van der Waals surface area (Å²) in [6, 6.07) is 13.9. The monoisotopic (exact) mass is 447 g/mol. The fourth-order valence-corrected chi connectivity index (χ4v) is 4.83. The Morgan fingerprint density at radius 3 is 2.79 bits per heavy atom. The number of rotatable bonds is 5. The fraction of sp³-hybridized carbons (Fsp3) is 0.0500. The van der Waals surface area contributed by atoms with E-state index in [1.54, 1.807) is 35.7 Å². The van der Waals surface area contributed by atoms with Gasteiger partial charge in [-0.15, -0.1) is 11.3 Å². The van der Waals surface area contributed by atoms with Crippen LogP contribution < -0.4 is 5.63 Å². The van der Waals surface area contributed by atoms with Gasteiger partial charge in [-0.3, -0.25) is 4.79 Å². The Morgan fingerprint density at radius 2 is 1.96 bits per heavy atom. The SMILES string of the molecule is O=C(CSc1nc(-c2cc3ccccc3oc2=O)cs1)c1ccc(Cl)cc1Cl. The minimum atomic E-state index is -0.440. The summed E-state index contributed by atoms with van der Waals surface area (Å²) >= 11 is 14.6. The molecule has 0 unspecified atom stereocenters. The van der Waals surface area contributed by atoms with Gasteiger partial charge >= 0.3 is 5.63 Å². The van der Waals surface area contributed by atoms with E-state index in [0.29, 0.717) is 36.8 Å². The van der Waals surface area contributed by atoms with Crippen molar-refractivity contribution in [2.75, 3.05) is 5.75 Å². The first-order valence-electron chi connectivity index (χ1n) is 8.11. The number of ketones is 1. The Hall–Kier alpha value is -2.12. The predicted molar refractivity (Wildman–Crippen MR) is 115 cm³/mol. The molecule has 0 amide bonds. The lowest BCUT2D eigenvalue weighted by Gasteiger charge is -2.03. The molecule has 0 fully saturated rings. The van der Waals surface area contributed by atoms with E-state index < -0.39 is 5.63 Å². The molecule has 140 valence electrons. The van der Waals surface area contributed by atoms with Crippen LogP contribution in [0.2, 0.25) is 10.0 Å². The zero-order valence-corrected chi connectivity index (χ0v) is 17.3. The molecule has 2 aromatic heterocycles. The van der Waals surface area contributed by atoms with Gasteiger partial charge in [-0.05, 0) is 30.3 Å². The van der Waals surface area contributed by atoms with Gasteiger partial charge in [0.15, 0.2) is 10.1 Å². The molecule has 0 spiro atoms. The lowest BCUT2D eigenvalue weighted by molar-refractivity contribution is 0.102. The van der Waals surface area contributed by atoms with Gasteiger partial charge in [-0.2, -0.15) is 0 Å². The van der Waals surface area contributed by atoms with Crippen molar-refractivity contribution in [2.24, 2.45) is 0 Å². The molecular weight excluding hydrogens is 437 g/mol. The standard InChI is InChI=1S/C20H11Cl2NO3S2/c21-12-5-6-13(15(22)8-12)17(24)10-28-20-23-16(9-27-20)14-7-11-3-1-2-4-18(11)26-19(14)25/h1-9H,10H2. The van der Waals surface area contributed by atoms with E-state index in [2.05, 4.69) is 4.98 Å². The number of hydrogen-bond donors (Lipinski definition) is 0. The molecule has 0 aliphatic heterocycles. The summed E-state index contributed by atoms with van der Waals surface area (Å²) in [5.41, 5.74) is 1.44. The maximum Gasteiger partial charge on any atom is 0.345 e. The van der Waals surface area contributed by atoms with Gasteiger partial charge in [-0.1, -0.05) is 53.2 Å². The van der Waals surface area contributed by atoms with Crippen LogP contribution in [0.3, 0.4) is 0 Å². The highest BCUT2D eigenvalue weighted by Crippen LogP contribution is 2.30. The molecule has 8 heteroatoms. The number of thioether (sulfide) groups is 1. The van der Waals surface area contributed by atoms with Crippen LogP contribution in [0.15, 0.2) is 67.5 Å². The van der Waals surface area contributed by atoms with Gasteiger partial charge in [0.2, 0.25) is 0 Å². The number of benzene rings is 2. The quantitative estimate of drug-likeness (QED) is 0.207. The van der Waals surface area contributed by atoms with Gasteiger partial charge in [0, 0.05) is 21.4 Å². The van der Waals surface area contributed by atoms with Crippen molar-refractivity contribution in [1.29, 1.82) is 0 Å². The Kier molecular flexibility index (Phi) is 5.55. The van der Waals surface area contributed by atoms with Crippen LogP contribution in [0.1, 0.15) is 10.4 Å². The van der Waals surface area contributed by atoms with E-state index in [4.69, 9.17) is 27.6 Å². The number of hydrogen-bond acceptors (Lipinski definition) is 6. The molecule has 0 aliphatic carbocycles. The molecule has 4 aromatic rings. The van der Waals surface area contributed by atoms with Gasteiger partial charge in [0.1, 0.15) is 5.58 Å². The third kappa shape index (κ3) is 4.00. The zero-order valence-electron chi connectivity index (χ0n) is 14.1. The van der Waals surface area contributed by atoms with E-state index in [9.17, 15) is 9.59 Å². The van der Waals surface area contributed by atoms with Crippen LogP contribution in [0, 0.1) is 0 Å². The van der Waals surface area contributed by atoms with Crippen LogP contribution >= 0.6 is 46.3 Å². The molecule has 28 heavy (non-hydrogen) atoms. The molecule has 0 saturated carbocycles. The van der Waals surface area contributed by atoms with Gasteiger partial charge in [0.05, 0.1) is 22.0 Å². The number of carbonyl (C=O) groups excluding carboxylic acids is 1. The molecule has 4 rings (SSSR count). The molecule has 0 atom stereocenters. The molecule has 0 N–H and O–H groups in total. The van der Waals surface area contributed by atoms with E-state index in [0.717, 1.165) is 5.39 Å². The smallest absolute Gasteiger partial charge is 0.345 e. The van der Waals surface area contributed by atoms with Crippen molar-refractivity contribution in [3.8, 4) is 11.3 Å².